The molecule has 0 aliphatic heterocycles. The van der Waals surface area contributed by atoms with Crippen molar-refractivity contribution in [3.8, 4) is 22.3 Å². The first-order chi connectivity index (χ1) is 26.7. The van der Waals surface area contributed by atoms with Gasteiger partial charge in [-0.3, -0.25) is 0 Å². The summed E-state index contributed by atoms with van der Waals surface area (Å²) >= 11 is -4.87. The van der Waals surface area contributed by atoms with E-state index in [0.717, 1.165) is 11.8 Å². The Hall–Kier alpha value is -1.96. The fourth-order valence-corrected chi connectivity index (χ4v) is 44.2. The van der Waals surface area contributed by atoms with E-state index in [-0.39, 0.29) is 7.25 Å². The predicted molar refractivity (Wildman–Crippen MR) is 240 cm³/mol. The van der Waals surface area contributed by atoms with Gasteiger partial charge in [-0.1, -0.05) is 0 Å². The van der Waals surface area contributed by atoms with Gasteiger partial charge < -0.3 is 0 Å². The predicted octanol–water partition coefficient (Wildman–Crippen LogP) is 16.3. The molecule has 4 heteroatoms. The number of fused-ring (bicyclic) bond motifs is 2. The Morgan fingerprint density at radius 2 is 0.909 bits per heavy atom. The fourth-order valence-electron chi connectivity index (χ4n) is 12.2. The first-order valence-corrected chi connectivity index (χ1v) is 38.5. The third kappa shape index (κ3) is 6.84. The summed E-state index contributed by atoms with van der Waals surface area (Å²) in [4.78, 5) is 0. The SMILES string of the molecule is CC1=Cc2c(-c3ccc(C4CCCCC4)cc3)cccc2[CH]1[Zr]([Cl])([Cl])([CH]1C(C2CCCCC2)=Cc2c(-c3ccc(C4CCCCC4)cc3)cccc21)[SiH](C)C. The summed E-state index contributed by atoms with van der Waals surface area (Å²) in [7, 11) is 17.7. The first-order valence-electron chi connectivity index (χ1n) is 22.2. The van der Waals surface area contributed by atoms with Crippen LogP contribution in [0.4, 0.5) is 0 Å². The molecule has 0 spiro atoms. The van der Waals surface area contributed by atoms with Crippen molar-refractivity contribution >= 4 is 35.1 Å². The Kier molecular flexibility index (Phi) is 11.0. The number of rotatable bonds is 8. The van der Waals surface area contributed by atoms with E-state index in [0.29, 0.717) is 5.92 Å². The van der Waals surface area contributed by atoms with Crippen LogP contribution >= 0.6 is 17.0 Å². The van der Waals surface area contributed by atoms with Crippen LogP contribution < -0.4 is 0 Å². The topological polar surface area (TPSA) is 0 Å². The average molecular weight is 864 g/mol. The maximum atomic E-state index is 8.87. The van der Waals surface area contributed by atoms with Crippen molar-refractivity contribution in [3.63, 3.8) is 0 Å². The van der Waals surface area contributed by atoms with Gasteiger partial charge in [0, 0.05) is 0 Å². The third-order valence-electron chi connectivity index (χ3n) is 15.3. The molecule has 9 rings (SSSR count). The first kappa shape index (κ1) is 38.6. The number of hydrogen-bond acceptors (Lipinski definition) is 0. The number of allylic oxidation sites excluding steroid dienone is 2. The van der Waals surface area contributed by atoms with Crippen LogP contribution in [0, 0.1) is 5.92 Å². The molecule has 55 heavy (non-hydrogen) atoms. The van der Waals surface area contributed by atoms with Crippen LogP contribution in [-0.4, -0.2) is 5.92 Å². The fraction of sp³-hybridized carbons (Fsp3) is 0.451. The van der Waals surface area contributed by atoms with Gasteiger partial charge in [0.15, 0.2) is 0 Å². The summed E-state index contributed by atoms with van der Waals surface area (Å²) in [6, 6.07) is 33.4. The van der Waals surface area contributed by atoms with Gasteiger partial charge in [-0.2, -0.15) is 0 Å². The quantitative estimate of drug-likeness (QED) is 0.155. The van der Waals surface area contributed by atoms with E-state index in [1.807, 2.05) is 0 Å². The standard InChI is InChI=1S/C27H31.C22H23.C2H7Si.2ClH.Zr/c1-3-8-20(9-4-1)22-14-16-23(17-15-22)26-13-7-12-24-18-25(19-27(24)26)21-10-5-2-6-11-21;1-16-14-20-8-5-9-21(22(20)15-16)19-12-10-18(11-13-19)17-6-3-2-4-7-17;1-3-2;;;/h7,12-21H,1-6,8-11H2;5,8-15,17H,2-4,6-7H2,1H3;3H,1-2H3;2*1H;/q;;;;;+2/p-2. The van der Waals surface area contributed by atoms with Crippen molar-refractivity contribution in [3.05, 3.63) is 129 Å². The third-order valence-corrected chi connectivity index (χ3v) is 67.2. The Bertz CT molecular complexity index is 2090. The van der Waals surface area contributed by atoms with Gasteiger partial charge in [-0.15, -0.1) is 0 Å². The van der Waals surface area contributed by atoms with E-state index in [9.17, 15) is 0 Å². The summed E-state index contributed by atoms with van der Waals surface area (Å²) in [6.07, 6.45) is 25.2. The molecule has 0 bridgehead atoms. The van der Waals surface area contributed by atoms with Crippen molar-refractivity contribution < 1.29 is 15.6 Å². The Balaban J connectivity index is 1.14. The molecular weight excluding hydrogens is 803 g/mol. The van der Waals surface area contributed by atoms with E-state index in [1.165, 1.54) is 158 Å². The molecule has 0 heterocycles. The number of benzene rings is 4. The molecule has 0 aromatic heterocycles. The zero-order valence-electron chi connectivity index (χ0n) is 33.6. The molecular formula is C51H61Cl2SiZr. The maximum absolute atomic E-state index is 8.87. The van der Waals surface area contributed by atoms with E-state index in [2.05, 4.69) is 117 Å². The minimum absolute atomic E-state index is 0.120. The normalized spacial score (nSPS) is 23.2. The zero-order valence-corrected chi connectivity index (χ0v) is 38.7. The van der Waals surface area contributed by atoms with Crippen LogP contribution in [0.5, 0.6) is 0 Å². The van der Waals surface area contributed by atoms with E-state index in [1.54, 1.807) is 5.57 Å². The van der Waals surface area contributed by atoms with E-state index in [4.69, 9.17) is 17.0 Å². The van der Waals surface area contributed by atoms with Crippen LogP contribution in [0.15, 0.2) is 96.1 Å². The van der Waals surface area contributed by atoms with Crippen molar-refractivity contribution in [2.24, 2.45) is 5.92 Å². The summed E-state index contributed by atoms with van der Waals surface area (Å²) in [5, 5.41) is 0. The monoisotopic (exact) mass is 861 g/mol. The second kappa shape index (κ2) is 15.7. The molecule has 3 saturated carbocycles. The molecule has 0 N–H and O–H groups in total. The van der Waals surface area contributed by atoms with Crippen LogP contribution in [0.25, 0.3) is 34.4 Å². The summed E-state index contributed by atoms with van der Waals surface area (Å²) in [5.74, 6) is 0.360. The minimum atomic E-state index is -4.87. The summed E-state index contributed by atoms with van der Waals surface area (Å²) in [5.41, 5.74) is 17.0. The van der Waals surface area contributed by atoms with E-state index < -0.39 is 21.5 Å². The van der Waals surface area contributed by atoms with Gasteiger partial charge in [0.25, 0.3) is 0 Å². The van der Waals surface area contributed by atoms with Gasteiger partial charge >= 0.3 is 344 Å². The molecule has 0 nitrogen and oxygen atoms in total. The number of hydrogen-bond donors (Lipinski definition) is 0. The molecule has 5 aliphatic carbocycles. The van der Waals surface area contributed by atoms with E-state index >= 15 is 0 Å². The summed E-state index contributed by atoms with van der Waals surface area (Å²) in [6.45, 7) is 7.38. The van der Waals surface area contributed by atoms with Crippen LogP contribution in [0.2, 0.25) is 13.1 Å². The van der Waals surface area contributed by atoms with Gasteiger partial charge in [-0.25, -0.2) is 0 Å². The van der Waals surface area contributed by atoms with Crippen molar-refractivity contribution in [1.82, 2.24) is 0 Å². The Morgan fingerprint density at radius 1 is 0.491 bits per heavy atom. The van der Waals surface area contributed by atoms with Gasteiger partial charge in [0.2, 0.25) is 0 Å². The Morgan fingerprint density at radius 3 is 1.36 bits per heavy atom. The Labute approximate surface area is 341 Å². The van der Waals surface area contributed by atoms with Crippen LogP contribution in [0.1, 0.15) is 156 Å². The number of halogens is 2. The molecule has 0 radical (unpaired) electrons. The molecule has 2 unspecified atom stereocenters. The molecule has 0 saturated heterocycles. The van der Waals surface area contributed by atoms with Crippen LogP contribution in [0.3, 0.4) is 0 Å². The molecule has 5 aliphatic rings. The molecule has 287 valence electrons. The molecule has 0 amide bonds. The van der Waals surface area contributed by atoms with Gasteiger partial charge in [0.05, 0.1) is 0 Å². The summed E-state index contributed by atoms with van der Waals surface area (Å²) < 4.78 is 0.267. The van der Waals surface area contributed by atoms with Crippen molar-refractivity contribution in [2.45, 2.75) is 135 Å². The molecule has 4 aromatic carbocycles. The van der Waals surface area contributed by atoms with Gasteiger partial charge in [-0.05, 0) is 0 Å². The molecule has 3 fully saturated rings. The average Bonchev–Trinajstić information content (AvgIpc) is 3.81. The van der Waals surface area contributed by atoms with Crippen molar-refractivity contribution in [2.75, 3.05) is 0 Å². The second-order valence-corrected chi connectivity index (χ2v) is 61.2. The van der Waals surface area contributed by atoms with Gasteiger partial charge in [0.1, 0.15) is 0 Å². The van der Waals surface area contributed by atoms with Crippen LogP contribution in [-0.2, 0) is 15.6 Å². The molecule has 2 atom stereocenters. The molecule has 4 aromatic rings. The van der Waals surface area contributed by atoms with Crippen molar-refractivity contribution in [1.29, 1.82) is 0 Å². The zero-order chi connectivity index (χ0) is 37.8. The second-order valence-electron chi connectivity index (χ2n) is 18.6.